The molecule has 1 amide bonds. The van der Waals surface area contributed by atoms with E-state index in [1.807, 2.05) is 0 Å². The minimum atomic E-state index is -0.581. The van der Waals surface area contributed by atoms with E-state index in [-0.39, 0.29) is 24.3 Å². The maximum Gasteiger partial charge on any atom is 0.275 e. The van der Waals surface area contributed by atoms with Gasteiger partial charge in [0.05, 0.1) is 18.3 Å². The van der Waals surface area contributed by atoms with Gasteiger partial charge in [-0.1, -0.05) is 32.0 Å². The molecule has 2 aromatic heterocycles. The van der Waals surface area contributed by atoms with Crippen molar-refractivity contribution in [2.24, 2.45) is 5.92 Å². The number of benzene rings is 1. The first-order chi connectivity index (χ1) is 14.0. The number of aromatic amines is 1. The Labute approximate surface area is 167 Å². The van der Waals surface area contributed by atoms with Crippen LogP contribution in [0.3, 0.4) is 0 Å². The molecule has 0 saturated heterocycles. The van der Waals surface area contributed by atoms with Gasteiger partial charge in [0.2, 0.25) is 0 Å². The molecule has 0 radical (unpaired) electrons. The number of amides is 1. The molecular formula is C22H22F2N4O. The number of pyridine rings is 1. The van der Waals surface area contributed by atoms with Crippen molar-refractivity contribution in [3.63, 3.8) is 0 Å². The lowest BCUT2D eigenvalue weighted by Crippen LogP contribution is -2.29. The fraction of sp³-hybridized carbons (Fsp3) is 0.318. The SMILES string of the molecule is CC(C)Cc1[nH]nc2c1C(c1ccc(F)cc1)N(Cc1ccc(CF)cn1)C2=O. The van der Waals surface area contributed by atoms with Gasteiger partial charge in [-0.3, -0.25) is 14.9 Å². The van der Waals surface area contributed by atoms with Crippen molar-refractivity contribution in [2.75, 3.05) is 0 Å². The highest BCUT2D eigenvalue weighted by Crippen LogP contribution is 2.41. The smallest absolute Gasteiger partial charge is 0.275 e. The third-order valence-corrected chi connectivity index (χ3v) is 5.10. The monoisotopic (exact) mass is 396 g/mol. The third kappa shape index (κ3) is 3.64. The van der Waals surface area contributed by atoms with Crippen LogP contribution in [0.4, 0.5) is 8.78 Å². The second-order valence-corrected chi connectivity index (χ2v) is 7.74. The standard InChI is InChI=1S/C22H22F2N4O/c1-13(2)9-18-19-20(27-26-18)22(29)28(12-17-8-3-14(10-23)11-25-17)21(19)15-4-6-16(24)7-5-15/h3-8,11,13,21H,9-10,12H2,1-2H3,(H,26,27). The van der Waals surface area contributed by atoms with Crippen LogP contribution >= 0.6 is 0 Å². The lowest BCUT2D eigenvalue weighted by Gasteiger charge is -2.26. The summed E-state index contributed by atoms with van der Waals surface area (Å²) in [4.78, 5) is 19.1. The predicted octanol–water partition coefficient (Wildman–Crippen LogP) is 4.36. The topological polar surface area (TPSA) is 61.9 Å². The summed E-state index contributed by atoms with van der Waals surface area (Å²) in [5, 5.41) is 7.30. The normalized spacial score (nSPS) is 16.0. The van der Waals surface area contributed by atoms with Gasteiger partial charge in [0.15, 0.2) is 5.69 Å². The number of carbonyl (C=O) groups is 1. The molecule has 0 aliphatic carbocycles. The van der Waals surface area contributed by atoms with Crippen molar-refractivity contribution in [1.82, 2.24) is 20.1 Å². The van der Waals surface area contributed by atoms with Crippen molar-refractivity contribution in [2.45, 2.75) is 39.5 Å². The molecule has 7 heteroatoms. The zero-order valence-corrected chi connectivity index (χ0v) is 16.3. The Balaban J connectivity index is 1.75. The molecule has 1 atom stereocenters. The first kappa shape index (κ1) is 19.2. The quantitative estimate of drug-likeness (QED) is 0.674. The van der Waals surface area contributed by atoms with Gasteiger partial charge >= 0.3 is 0 Å². The van der Waals surface area contributed by atoms with Crippen LogP contribution in [0.15, 0.2) is 42.6 Å². The molecular weight excluding hydrogens is 374 g/mol. The van der Waals surface area contributed by atoms with Gasteiger partial charge in [-0.2, -0.15) is 5.10 Å². The second-order valence-electron chi connectivity index (χ2n) is 7.74. The summed E-state index contributed by atoms with van der Waals surface area (Å²) >= 11 is 0. The van der Waals surface area contributed by atoms with Crippen molar-refractivity contribution in [3.8, 4) is 0 Å². The molecule has 1 unspecified atom stereocenters. The van der Waals surface area contributed by atoms with E-state index in [9.17, 15) is 13.6 Å². The van der Waals surface area contributed by atoms with E-state index in [2.05, 4.69) is 29.0 Å². The van der Waals surface area contributed by atoms with Crippen LogP contribution in [-0.2, 0) is 19.6 Å². The average molecular weight is 396 g/mol. The average Bonchev–Trinajstić information content (AvgIpc) is 3.22. The molecule has 0 spiro atoms. The molecule has 1 aliphatic rings. The van der Waals surface area contributed by atoms with E-state index in [0.29, 0.717) is 22.9 Å². The minimum Gasteiger partial charge on any atom is -0.320 e. The number of nitrogens with one attached hydrogen (secondary N) is 1. The molecule has 0 saturated carbocycles. The van der Waals surface area contributed by atoms with E-state index >= 15 is 0 Å². The van der Waals surface area contributed by atoms with Gasteiger partial charge in [0.25, 0.3) is 5.91 Å². The number of H-pyrrole nitrogens is 1. The number of hydrogen-bond donors (Lipinski definition) is 1. The predicted molar refractivity (Wildman–Crippen MR) is 104 cm³/mol. The molecule has 29 heavy (non-hydrogen) atoms. The number of alkyl halides is 1. The van der Waals surface area contributed by atoms with Crippen LogP contribution in [-0.4, -0.2) is 26.0 Å². The highest BCUT2D eigenvalue weighted by atomic mass is 19.1. The number of carbonyl (C=O) groups excluding carboxylic acids is 1. The Morgan fingerprint density at radius 2 is 1.93 bits per heavy atom. The first-order valence-corrected chi connectivity index (χ1v) is 9.61. The van der Waals surface area contributed by atoms with E-state index < -0.39 is 6.67 Å². The maximum atomic E-state index is 13.5. The van der Waals surface area contributed by atoms with E-state index in [1.165, 1.54) is 18.3 Å². The van der Waals surface area contributed by atoms with Gasteiger partial charge in [0, 0.05) is 23.0 Å². The number of fused-ring (bicyclic) bond motifs is 1. The molecule has 150 valence electrons. The molecule has 4 rings (SSSR count). The summed E-state index contributed by atoms with van der Waals surface area (Å²) < 4.78 is 26.3. The van der Waals surface area contributed by atoms with E-state index in [4.69, 9.17) is 0 Å². The van der Waals surface area contributed by atoms with Gasteiger partial charge in [-0.15, -0.1) is 0 Å². The number of rotatable bonds is 6. The number of halogens is 2. The van der Waals surface area contributed by atoms with Crippen LogP contribution in [0.1, 0.15) is 58.5 Å². The van der Waals surface area contributed by atoms with Crippen molar-refractivity contribution in [3.05, 3.63) is 82.2 Å². The molecule has 0 fully saturated rings. The highest BCUT2D eigenvalue weighted by Gasteiger charge is 2.42. The Bertz CT molecular complexity index is 1010. The second kappa shape index (κ2) is 7.73. The highest BCUT2D eigenvalue weighted by molar-refractivity contribution is 5.98. The Hall–Kier alpha value is -3.09. The van der Waals surface area contributed by atoms with E-state index in [1.54, 1.807) is 29.2 Å². The van der Waals surface area contributed by atoms with E-state index in [0.717, 1.165) is 23.2 Å². The molecule has 3 heterocycles. The summed E-state index contributed by atoms with van der Waals surface area (Å²) in [7, 11) is 0. The first-order valence-electron chi connectivity index (χ1n) is 9.61. The fourth-order valence-electron chi connectivity index (χ4n) is 3.77. The zero-order valence-electron chi connectivity index (χ0n) is 16.3. The summed E-state index contributed by atoms with van der Waals surface area (Å²) in [6, 6.07) is 9.19. The van der Waals surface area contributed by atoms with Crippen LogP contribution in [0.2, 0.25) is 0 Å². The van der Waals surface area contributed by atoms with Crippen molar-refractivity contribution < 1.29 is 13.6 Å². The minimum absolute atomic E-state index is 0.197. The summed E-state index contributed by atoms with van der Waals surface area (Å²) in [6.07, 6.45) is 2.23. The van der Waals surface area contributed by atoms with Gasteiger partial charge in [0.1, 0.15) is 12.5 Å². The summed E-state index contributed by atoms with van der Waals surface area (Å²) in [5.74, 6) is -0.146. The maximum absolute atomic E-state index is 13.5. The Kier molecular flexibility index (Phi) is 5.13. The van der Waals surface area contributed by atoms with Gasteiger partial charge in [-0.25, -0.2) is 8.78 Å². The molecule has 5 nitrogen and oxygen atoms in total. The molecule has 0 bridgehead atoms. The van der Waals surface area contributed by atoms with Gasteiger partial charge < -0.3 is 4.90 Å². The Morgan fingerprint density at radius 3 is 2.55 bits per heavy atom. The van der Waals surface area contributed by atoms with Crippen molar-refractivity contribution >= 4 is 5.91 Å². The lowest BCUT2D eigenvalue weighted by molar-refractivity contribution is 0.0727. The summed E-state index contributed by atoms with van der Waals surface area (Å²) in [6.45, 7) is 3.88. The van der Waals surface area contributed by atoms with Crippen LogP contribution in [0.5, 0.6) is 0 Å². The Morgan fingerprint density at radius 1 is 1.17 bits per heavy atom. The number of aromatic nitrogens is 3. The molecule has 3 aromatic rings. The number of nitrogens with zero attached hydrogens (tertiary/aromatic N) is 3. The van der Waals surface area contributed by atoms with Crippen molar-refractivity contribution in [1.29, 1.82) is 0 Å². The van der Waals surface area contributed by atoms with Crippen LogP contribution in [0, 0.1) is 11.7 Å². The summed E-state index contributed by atoms with van der Waals surface area (Å²) in [5.41, 5.74) is 4.11. The third-order valence-electron chi connectivity index (χ3n) is 5.10. The van der Waals surface area contributed by atoms with Gasteiger partial charge in [-0.05, 0) is 36.1 Å². The largest absolute Gasteiger partial charge is 0.320 e. The molecule has 1 aliphatic heterocycles. The van der Waals surface area contributed by atoms with Crippen LogP contribution in [0.25, 0.3) is 0 Å². The fourth-order valence-corrected chi connectivity index (χ4v) is 3.77. The molecule has 1 aromatic carbocycles. The number of hydrogen-bond acceptors (Lipinski definition) is 3. The van der Waals surface area contributed by atoms with Crippen LogP contribution < -0.4 is 0 Å². The zero-order chi connectivity index (χ0) is 20.5. The lowest BCUT2D eigenvalue weighted by atomic mass is 9.95. The molecule has 1 N–H and O–H groups in total.